The first-order valence-electron chi connectivity index (χ1n) is 8.10. The van der Waals surface area contributed by atoms with E-state index in [2.05, 4.69) is 12.2 Å². The zero-order valence-electron chi connectivity index (χ0n) is 13.3. The number of carboxylic acids is 1. The molecule has 5 heteroatoms. The molecule has 2 N–H and O–H groups in total. The molecule has 0 unspecified atom stereocenters. The summed E-state index contributed by atoms with van der Waals surface area (Å²) in [6.45, 7) is 2.21. The van der Waals surface area contributed by atoms with E-state index < -0.39 is 12.0 Å². The Balaban J connectivity index is 2.36. The summed E-state index contributed by atoms with van der Waals surface area (Å²) in [6, 6.07) is -0.734. The molecule has 1 aliphatic rings. The minimum Gasteiger partial charge on any atom is -0.480 e. The van der Waals surface area contributed by atoms with Crippen molar-refractivity contribution in [2.45, 2.75) is 64.3 Å². The number of nitrogens with one attached hydrogen (secondary N) is 1. The van der Waals surface area contributed by atoms with Gasteiger partial charge in [0, 0.05) is 5.92 Å². The van der Waals surface area contributed by atoms with Gasteiger partial charge in [0.05, 0.1) is 0 Å². The third-order valence-electron chi connectivity index (χ3n) is 4.41. The summed E-state index contributed by atoms with van der Waals surface area (Å²) in [5.41, 5.74) is 0. The van der Waals surface area contributed by atoms with E-state index in [4.69, 9.17) is 5.11 Å². The number of aliphatic carboxylic acids is 1. The van der Waals surface area contributed by atoms with Crippen LogP contribution < -0.4 is 5.32 Å². The van der Waals surface area contributed by atoms with Crippen molar-refractivity contribution < 1.29 is 14.7 Å². The van der Waals surface area contributed by atoms with Crippen LogP contribution in [0.3, 0.4) is 0 Å². The summed E-state index contributed by atoms with van der Waals surface area (Å²) in [6.07, 6.45) is 10.3. The fourth-order valence-corrected chi connectivity index (χ4v) is 3.46. The number of amides is 1. The largest absolute Gasteiger partial charge is 0.480 e. The van der Waals surface area contributed by atoms with Crippen LogP contribution in [-0.2, 0) is 9.59 Å². The fraction of sp³-hybridized carbons (Fsp3) is 0.875. The molecule has 1 rings (SSSR count). The van der Waals surface area contributed by atoms with E-state index in [0.717, 1.165) is 37.4 Å². The summed E-state index contributed by atoms with van der Waals surface area (Å²) in [5, 5.41) is 11.9. The van der Waals surface area contributed by atoms with Crippen LogP contribution in [0.1, 0.15) is 58.3 Å². The number of thioether (sulfide) groups is 1. The van der Waals surface area contributed by atoms with Gasteiger partial charge >= 0.3 is 5.97 Å². The van der Waals surface area contributed by atoms with E-state index in [-0.39, 0.29) is 11.8 Å². The second-order valence-corrected chi connectivity index (χ2v) is 7.03. The summed E-state index contributed by atoms with van der Waals surface area (Å²) in [5.74, 6) is 0.548. The molecular weight excluding hydrogens is 286 g/mol. The van der Waals surface area contributed by atoms with E-state index in [1.54, 1.807) is 11.8 Å². The van der Waals surface area contributed by atoms with Crippen molar-refractivity contribution in [3.05, 3.63) is 0 Å². The van der Waals surface area contributed by atoms with Crippen LogP contribution in [-0.4, -0.2) is 35.0 Å². The van der Waals surface area contributed by atoms with Crippen molar-refractivity contribution >= 4 is 23.6 Å². The molecule has 0 aromatic rings. The lowest BCUT2D eigenvalue weighted by atomic mass is 9.79. The molecule has 21 heavy (non-hydrogen) atoms. The molecular formula is C16H29NO3S. The van der Waals surface area contributed by atoms with Crippen molar-refractivity contribution in [1.29, 1.82) is 0 Å². The number of hydrogen-bond acceptors (Lipinski definition) is 3. The summed E-state index contributed by atoms with van der Waals surface area (Å²) in [7, 11) is 0. The van der Waals surface area contributed by atoms with Crippen molar-refractivity contribution in [3.8, 4) is 0 Å². The highest BCUT2D eigenvalue weighted by Crippen LogP contribution is 2.32. The summed E-state index contributed by atoms with van der Waals surface area (Å²) in [4.78, 5) is 23.4. The lowest BCUT2D eigenvalue weighted by molar-refractivity contribution is -0.142. The molecule has 1 atom stereocenters. The van der Waals surface area contributed by atoms with Crippen LogP contribution in [0.25, 0.3) is 0 Å². The van der Waals surface area contributed by atoms with Gasteiger partial charge in [-0.05, 0) is 50.0 Å². The second-order valence-electron chi connectivity index (χ2n) is 6.04. The Hall–Kier alpha value is -0.710. The molecule has 122 valence electrons. The van der Waals surface area contributed by atoms with Crippen molar-refractivity contribution in [1.82, 2.24) is 5.32 Å². The van der Waals surface area contributed by atoms with E-state index >= 15 is 0 Å². The molecule has 0 heterocycles. The molecule has 0 aromatic carbocycles. The molecule has 0 saturated heterocycles. The fourth-order valence-electron chi connectivity index (χ4n) is 2.99. The molecule has 0 aromatic heterocycles. The Labute approximate surface area is 132 Å². The van der Waals surface area contributed by atoms with Crippen molar-refractivity contribution in [3.63, 3.8) is 0 Å². The normalized spacial score (nSPS) is 23.5. The average Bonchev–Trinajstić information content (AvgIpc) is 2.49. The SMILES string of the molecule is CCCCC1CCC(C(=O)N[C@H](CCSC)C(=O)O)CC1. The maximum absolute atomic E-state index is 12.2. The number of hydrogen-bond donors (Lipinski definition) is 2. The highest BCUT2D eigenvalue weighted by Gasteiger charge is 2.28. The first kappa shape index (κ1) is 18.3. The number of rotatable bonds is 9. The topological polar surface area (TPSA) is 66.4 Å². The first-order valence-corrected chi connectivity index (χ1v) is 9.50. The standard InChI is InChI=1S/C16H29NO3S/c1-3-4-5-12-6-8-13(9-7-12)15(18)17-14(16(19)20)10-11-21-2/h12-14H,3-11H2,1-2H3,(H,17,18)(H,19,20)/t12?,13?,14-/m1/s1. The third-order valence-corrected chi connectivity index (χ3v) is 5.05. The molecule has 0 spiro atoms. The van der Waals surface area contributed by atoms with Gasteiger partial charge in [0.1, 0.15) is 6.04 Å². The van der Waals surface area contributed by atoms with Gasteiger partial charge in [-0.1, -0.05) is 26.2 Å². The van der Waals surface area contributed by atoms with Gasteiger partial charge in [0.15, 0.2) is 0 Å². The minimum absolute atomic E-state index is 0.0130. The van der Waals surface area contributed by atoms with Crippen LogP contribution in [0.4, 0.5) is 0 Å². The van der Waals surface area contributed by atoms with Crippen molar-refractivity contribution in [2.24, 2.45) is 11.8 Å². The Morgan fingerprint density at radius 1 is 1.29 bits per heavy atom. The van der Waals surface area contributed by atoms with Crippen LogP contribution in [0.15, 0.2) is 0 Å². The van der Waals surface area contributed by atoms with E-state index in [1.165, 1.54) is 19.3 Å². The van der Waals surface area contributed by atoms with Gasteiger partial charge < -0.3 is 10.4 Å². The van der Waals surface area contributed by atoms with E-state index in [0.29, 0.717) is 6.42 Å². The van der Waals surface area contributed by atoms with Gasteiger partial charge in [0.25, 0.3) is 0 Å². The van der Waals surface area contributed by atoms with Gasteiger partial charge in [-0.15, -0.1) is 0 Å². The molecule has 1 fully saturated rings. The summed E-state index contributed by atoms with van der Waals surface area (Å²) < 4.78 is 0. The molecule has 1 saturated carbocycles. The van der Waals surface area contributed by atoms with E-state index in [9.17, 15) is 9.59 Å². The van der Waals surface area contributed by atoms with Crippen LogP contribution in [0.5, 0.6) is 0 Å². The Bertz CT molecular complexity index is 327. The van der Waals surface area contributed by atoms with Crippen LogP contribution >= 0.6 is 11.8 Å². The van der Waals surface area contributed by atoms with Gasteiger partial charge in [-0.2, -0.15) is 11.8 Å². The zero-order chi connectivity index (χ0) is 15.7. The number of unbranched alkanes of at least 4 members (excludes halogenated alkanes) is 1. The smallest absolute Gasteiger partial charge is 0.326 e. The zero-order valence-corrected chi connectivity index (χ0v) is 14.1. The monoisotopic (exact) mass is 315 g/mol. The summed E-state index contributed by atoms with van der Waals surface area (Å²) >= 11 is 1.60. The molecule has 4 nitrogen and oxygen atoms in total. The highest BCUT2D eigenvalue weighted by atomic mass is 32.2. The Kier molecular flexibility index (Phi) is 8.81. The molecule has 0 aliphatic heterocycles. The van der Waals surface area contributed by atoms with Crippen molar-refractivity contribution in [2.75, 3.05) is 12.0 Å². The van der Waals surface area contributed by atoms with E-state index in [1.807, 2.05) is 6.26 Å². The van der Waals surface area contributed by atoms with Crippen LogP contribution in [0.2, 0.25) is 0 Å². The maximum atomic E-state index is 12.2. The maximum Gasteiger partial charge on any atom is 0.326 e. The van der Waals surface area contributed by atoms with Crippen LogP contribution in [0, 0.1) is 11.8 Å². The highest BCUT2D eigenvalue weighted by molar-refractivity contribution is 7.98. The lowest BCUT2D eigenvalue weighted by Gasteiger charge is -2.28. The quantitative estimate of drug-likeness (QED) is 0.685. The second kappa shape index (κ2) is 10.1. The van der Waals surface area contributed by atoms with Gasteiger partial charge in [-0.25, -0.2) is 4.79 Å². The number of carbonyl (C=O) groups is 2. The first-order chi connectivity index (χ1) is 10.1. The van der Waals surface area contributed by atoms with Gasteiger partial charge in [0.2, 0.25) is 5.91 Å². The third kappa shape index (κ3) is 6.72. The predicted octanol–water partition coefficient (Wildman–Crippen LogP) is 3.31. The number of carbonyl (C=O) groups excluding carboxylic acids is 1. The average molecular weight is 315 g/mol. The number of carboxylic acid groups (broad SMARTS) is 1. The molecule has 0 bridgehead atoms. The minimum atomic E-state index is -0.922. The predicted molar refractivity (Wildman–Crippen MR) is 87.5 cm³/mol. The Morgan fingerprint density at radius 3 is 2.48 bits per heavy atom. The molecule has 1 amide bonds. The Morgan fingerprint density at radius 2 is 1.95 bits per heavy atom. The van der Waals surface area contributed by atoms with Gasteiger partial charge in [-0.3, -0.25) is 4.79 Å². The lowest BCUT2D eigenvalue weighted by Crippen LogP contribution is -2.44. The molecule has 0 radical (unpaired) electrons. The molecule has 1 aliphatic carbocycles.